The van der Waals surface area contributed by atoms with Crippen LogP contribution < -0.4 is 20.6 Å². The van der Waals surface area contributed by atoms with Gasteiger partial charge < -0.3 is 14.7 Å². The maximum absolute atomic E-state index is 11.7. The lowest BCUT2D eigenvalue weighted by molar-refractivity contribution is 0.0698. The van der Waals surface area contributed by atoms with Crippen molar-refractivity contribution in [1.29, 1.82) is 0 Å². The lowest BCUT2D eigenvalue weighted by Crippen LogP contribution is -2.30. The fourth-order valence-corrected chi connectivity index (χ4v) is 4.43. The van der Waals surface area contributed by atoms with Gasteiger partial charge in [-0.1, -0.05) is 81.9 Å². The third-order valence-corrected chi connectivity index (χ3v) is 6.11. The minimum absolute atomic E-state index is 0.0936. The summed E-state index contributed by atoms with van der Waals surface area (Å²) in [6.07, 6.45) is 3.99. The number of nitrogens with zero attached hydrogens (tertiary/aromatic N) is 1. The lowest BCUT2D eigenvalue weighted by atomic mass is 9.56. The topological polar surface area (TPSA) is 49.8 Å². The van der Waals surface area contributed by atoms with Crippen molar-refractivity contribution in [3.63, 3.8) is 0 Å². The van der Waals surface area contributed by atoms with Gasteiger partial charge in [-0.05, 0) is 58.1 Å². The molecule has 1 atom stereocenters. The van der Waals surface area contributed by atoms with Gasteiger partial charge in [0.1, 0.15) is 11.5 Å². The van der Waals surface area contributed by atoms with E-state index in [0.717, 1.165) is 44.0 Å². The number of fused-ring (bicyclic) bond motifs is 1. The van der Waals surface area contributed by atoms with Crippen LogP contribution in [-0.4, -0.2) is 37.4 Å². The summed E-state index contributed by atoms with van der Waals surface area (Å²) in [7, 11) is 5.94. The second kappa shape index (κ2) is 11.8. The number of hydrogen-bond acceptors (Lipinski definition) is 3. The van der Waals surface area contributed by atoms with E-state index in [2.05, 4.69) is 32.2 Å². The molecule has 4 nitrogen and oxygen atoms in total. The van der Waals surface area contributed by atoms with E-state index in [1.165, 1.54) is 0 Å². The number of aryl methyl sites for hydroxylation is 1. The minimum Gasteiger partial charge on any atom is -0.478 e. The maximum Gasteiger partial charge on any atom is 0.335 e. The summed E-state index contributed by atoms with van der Waals surface area (Å²) < 4.78 is 6.55. The molecule has 0 fully saturated rings. The molecule has 0 saturated carbocycles. The largest absolute Gasteiger partial charge is 0.478 e. The maximum atomic E-state index is 11.7. The van der Waals surface area contributed by atoms with Crippen LogP contribution in [0.4, 0.5) is 0 Å². The zero-order valence-corrected chi connectivity index (χ0v) is 22.6. The number of aromatic carboxylic acids is 1. The van der Waals surface area contributed by atoms with Crippen molar-refractivity contribution in [2.45, 2.75) is 33.5 Å². The molecular weight excluding hydrogens is 457 g/mol. The first-order valence-corrected chi connectivity index (χ1v) is 12.5. The number of benzene rings is 3. The molecule has 1 aliphatic heterocycles. The predicted octanol–water partition coefficient (Wildman–Crippen LogP) is 4.97. The van der Waals surface area contributed by atoms with Crippen molar-refractivity contribution in [2.75, 3.05) is 14.1 Å². The number of ether oxygens (including phenoxy) is 1. The molecule has 0 aromatic heterocycles. The summed E-state index contributed by atoms with van der Waals surface area (Å²) in [6, 6.07) is 17.3. The molecule has 37 heavy (non-hydrogen) atoms. The fraction of sp³-hybridized carbons (Fsp3) is 0.219. The smallest absolute Gasteiger partial charge is 0.335 e. The summed E-state index contributed by atoms with van der Waals surface area (Å²) in [5.41, 5.74) is 5.75. The Kier molecular flexibility index (Phi) is 8.83. The first-order chi connectivity index (χ1) is 17.7. The van der Waals surface area contributed by atoms with Gasteiger partial charge in [0.25, 0.3) is 0 Å². The summed E-state index contributed by atoms with van der Waals surface area (Å²) in [5, 5.41) is 11.5. The Morgan fingerprint density at radius 3 is 2.43 bits per heavy atom. The van der Waals surface area contributed by atoms with Crippen LogP contribution in [0.1, 0.15) is 59.2 Å². The van der Waals surface area contributed by atoms with E-state index < -0.39 is 5.97 Å². The van der Waals surface area contributed by atoms with E-state index in [1.807, 2.05) is 89.7 Å². The quantitative estimate of drug-likeness (QED) is 0.494. The SMILES string of the molecule is C=C1C=C(c2ccc/c(=C/N(C)C)c2=C)Oc2c1cc(C)cc2C(C)[B]c1ccccc1C(=O)O.CC. The zero-order valence-electron chi connectivity index (χ0n) is 22.6. The standard InChI is InChI=1S/C30H29BNO3.C2H6/c1-18-14-25-19(2)16-28(23-12-9-10-22(20(23)3)17-32(5)6)35-29(25)26(15-18)21(4)31-27-13-8-7-11-24(27)30(33)34;1-2/h7-17,21H,2-3H2,1,4-6H3,(H,33,34);1-2H3/b22-17-;. The molecule has 4 rings (SSSR count). The van der Waals surface area contributed by atoms with Crippen LogP contribution in [0.3, 0.4) is 0 Å². The molecule has 1 N–H and O–H groups in total. The van der Waals surface area contributed by atoms with Gasteiger partial charge in [0.2, 0.25) is 0 Å². The van der Waals surface area contributed by atoms with Crippen LogP contribution in [0.2, 0.25) is 0 Å². The number of carboxylic acid groups (broad SMARTS) is 1. The van der Waals surface area contributed by atoms with Crippen molar-refractivity contribution < 1.29 is 14.6 Å². The highest BCUT2D eigenvalue weighted by Crippen LogP contribution is 2.41. The summed E-state index contributed by atoms with van der Waals surface area (Å²) in [4.78, 5) is 13.7. The minimum atomic E-state index is -0.942. The normalized spacial score (nSPS) is 13.4. The average molecular weight is 492 g/mol. The highest BCUT2D eigenvalue weighted by Gasteiger charge is 2.25. The molecule has 1 heterocycles. The van der Waals surface area contributed by atoms with Crippen LogP contribution in [0.5, 0.6) is 5.75 Å². The molecule has 0 spiro atoms. The predicted molar refractivity (Wildman–Crippen MR) is 157 cm³/mol. The number of carbonyl (C=O) groups is 1. The first kappa shape index (κ1) is 27.6. The van der Waals surface area contributed by atoms with Crippen molar-refractivity contribution in [1.82, 2.24) is 4.90 Å². The summed E-state index contributed by atoms with van der Waals surface area (Å²) >= 11 is 0. The van der Waals surface area contributed by atoms with E-state index in [0.29, 0.717) is 11.2 Å². The van der Waals surface area contributed by atoms with Gasteiger partial charge in [-0.2, -0.15) is 0 Å². The van der Waals surface area contributed by atoms with Gasteiger partial charge in [0.15, 0.2) is 7.28 Å². The molecule has 0 amide bonds. The van der Waals surface area contributed by atoms with Crippen LogP contribution in [0.25, 0.3) is 24.1 Å². The Morgan fingerprint density at radius 2 is 1.76 bits per heavy atom. The first-order valence-electron chi connectivity index (χ1n) is 12.5. The van der Waals surface area contributed by atoms with Gasteiger partial charge >= 0.3 is 5.97 Å². The fourth-order valence-electron chi connectivity index (χ4n) is 4.43. The highest BCUT2D eigenvalue weighted by atomic mass is 16.5. The van der Waals surface area contributed by atoms with Crippen molar-refractivity contribution in [3.8, 4) is 5.75 Å². The van der Waals surface area contributed by atoms with Crippen LogP contribution in [-0.2, 0) is 0 Å². The molecule has 3 aromatic rings. The van der Waals surface area contributed by atoms with Gasteiger partial charge in [0, 0.05) is 31.4 Å². The van der Waals surface area contributed by atoms with Crippen molar-refractivity contribution in [2.24, 2.45) is 0 Å². The van der Waals surface area contributed by atoms with Gasteiger partial charge in [-0.15, -0.1) is 0 Å². The van der Waals surface area contributed by atoms with Crippen LogP contribution >= 0.6 is 0 Å². The second-order valence-electron chi connectivity index (χ2n) is 9.18. The Bertz CT molecular complexity index is 1470. The van der Waals surface area contributed by atoms with E-state index in [9.17, 15) is 9.90 Å². The Labute approximate surface area is 221 Å². The average Bonchev–Trinajstić information content (AvgIpc) is 2.86. The molecule has 0 bridgehead atoms. The molecule has 1 aliphatic rings. The van der Waals surface area contributed by atoms with Gasteiger partial charge in [0.05, 0.1) is 5.56 Å². The van der Waals surface area contributed by atoms with E-state index in [1.54, 1.807) is 12.1 Å². The van der Waals surface area contributed by atoms with E-state index in [-0.39, 0.29) is 11.4 Å². The van der Waals surface area contributed by atoms with Crippen molar-refractivity contribution in [3.05, 3.63) is 106 Å². The Hall–Kier alpha value is -3.99. The van der Waals surface area contributed by atoms with Crippen LogP contribution in [0, 0.1) is 6.92 Å². The number of allylic oxidation sites excluding steroid dienone is 2. The molecule has 1 radical (unpaired) electrons. The monoisotopic (exact) mass is 492 g/mol. The van der Waals surface area contributed by atoms with Crippen LogP contribution in [0.15, 0.2) is 67.3 Å². The Morgan fingerprint density at radius 1 is 1.05 bits per heavy atom. The highest BCUT2D eigenvalue weighted by molar-refractivity contribution is 6.56. The zero-order chi connectivity index (χ0) is 27.3. The molecular formula is C32H35BNO3. The Balaban J connectivity index is 0.00000186. The van der Waals surface area contributed by atoms with Crippen molar-refractivity contribution >= 4 is 42.8 Å². The molecule has 1 unspecified atom stereocenters. The third kappa shape index (κ3) is 6.06. The van der Waals surface area contributed by atoms with E-state index in [4.69, 9.17) is 4.74 Å². The third-order valence-electron chi connectivity index (χ3n) is 6.11. The molecule has 0 saturated heterocycles. The number of rotatable bonds is 6. The summed E-state index contributed by atoms with van der Waals surface area (Å²) in [5.74, 6) is 0.410. The second-order valence-corrected chi connectivity index (χ2v) is 9.18. The van der Waals surface area contributed by atoms with Gasteiger partial charge in [-0.25, -0.2) is 4.79 Å². The molecule has 5 heteroatoms. The number of hydrogen-bond donors (Lipinski definition) is 1. The summed E-state index contributed by atoms with van der Waals surface area (Å²) in [6.45, 7) is 16.7. The number of carboxylic acids is 1. The molecule has 189 valence electrons. The van der Waals surface area contributed by atoms with Gasteiger partial charge in [-0.3, -0.25) is 0 Å². The van der Waals surface area contributed by atoms with E-state index >= 15 is 0 Å². The molecule has 3 aromatic carbocycles. The lowest BCUT2D eigenvalue weighted by Gasteiger charge is -2.26. The molecule has 0 aliphatic carbocycles.